The van der Waals surface area contributed by atoms with E-state index >= 15 is 0 Å². The third-order valence-electron chi connectivity index (χ3n) is 3.25. The van der Waals surface area contributed by atoms with E-state index < -0.39 is 6.04 Å². The average molecular weight is 264 g/mol. The predicted molar refractivity (Wildman–Crippen MR) is 74.5 cm³/mol. The Balaban J connectivity index is 1.81. The van der Waals surface area contributed by atoms with Gasteiger partial charge in [-0.1, -0.05) is 42.5 Å². The van der Waals surface area contributed by atoms with Crippen molar-refractivity contribution in [2.24, 2.45) is 10.2 Å². The normalized spacial score (nSPS) is 16.8. The van der Waals surface area contributed by atoms with Crippen molar-refractivity contribution in [3.05, 3.63) is 65.7 Å². The molecule has 2 aromatic rings. The molecule has 4 nitrogen and oxygen atoms in total. The number of hydrogen-bond acceptors (Lipinski definition) is 4. The lowest BCUT2D eigenvalue weighted by Gasteiger charge is -2.15. The monoisotopic (exact) mass is 264 g/mol. The number of rotatable bonds is 3. The van der Waals surface area contributed by atoms with E-state index in [-0.39, 0.29) is 18.0 Å². The van der Waals surface area contributed by atoms with E-state index in [0.29, 0.717) is 16.8 Å². The van der Waals surface area contributed by atoms with Crippen LogP contribution in [0.25, 0.3) is 0 Å². The average Bonchev–Trinajstić information content (AvgIpc) is 2.51. The van der Waals surface area contributed by atoms with Crippen LogP contribution in [0.3, 0.4) is 0 Å². The molecule has 1 atom stereocenters. The number of fused-ring (bicyclic) bond motifs is 1. The van der Waals surface area contributed by atoms with Gasteiger partial charge in [-0.2, -0.15) is 10.2 Å². The molecule has 1 aliphatic heterocycles. The molecule has 0 bridgehead atoms. The number of azo groups is 1. The molecule has 3 rings (SSSR count). The summed E-state index contributed by atoms with van der Waals surface area (Å²) in [5.74, 6) is -0.234. The lowest BCUT2D eigenvalue weighted by Crippen LogP contribution is -2.24. The highest BCUT2D eigenvalue weighted by Crippen LogP contribution is 2.27. The van der Waals surface area contributed by atoms with E-state index in [1.165, 1.54) is 0 Å². The van der Waals surface area contributed by atoms with Crippen molar-refractivity contribution in [1.29, 1.82) is 0 Å². The van der Waals surface area contributed by atoms with Crippen LogP contribution in [0.5, 0.6) is 0 Å². The Hall–Kier alpha value is -2.62. The van der Waals surface area contributed by atoms with Gasteiger partial charge >= 0.3 is 0 Å². The Morgan fingerprint density at radius 1 is 1.00 bits per heavy atom. The van der Waals surface area contributed by atoms with Crippen LogP contribution in [0.4, 0.5) is 5.69 Å². The number of carbonyl (C=O) groups is 2. The zero-order valence-electron chi connectivity index (χ0n) is 10.7. The first-order chi connectivity index (χ1) is 9.75. The molecule has 0 radical (unpaired) electrons. The zero-order valence-corrected chi connectivity index (χ0v) is 10.7. The van der Waals surface area contributed by atoms with Crippen molar-refractivity contribution in [3.8, 4) is 0 Å². The Kier molecular flexibility index (Phi) is 3.21. The summed E-state index contributed by atoms with van der Waals surface area (Å²) in [6.07, 6.45) is 0.0562. The summed E-state index contributed by atoms with van der Waals surface area (Å²) < 4.78 is 0. The summed E-state index contributed by atoms with van der Waals surface area (Å²) >= 11 is 0. The van der Waals surface area contributed by atoms with Crippen molar-refractivity contribution in [3.63, 3.8) is 0 Å². The van der Waals surface area contributed by atoms with Crippen molar-refractivity contribution in [2.45, 2.75) is 12.5 Å². The van der Waals surface area contributed by atoms with Gasteiger partial charge in [0.25, 0.3) is 0 Å². The molecule has 0 saturated heterocycles. The van der Waals surface area contributed by atoms with E-state index in [1.54, 1.807) is 48.5 Å². The predicted octanol–water partition coefficient (Wildman–Crippen LogP) is 3.61. The molecule has 0 aromatic heterocycles. The summed E-state index contributed by atoms with van der Waals surface area (Å²) in [4.78, 5) is 24.4. The molecule has 0 spiro atoms. The number of benzene rings is 2. The summed E-state index contributed by atoms with van der Waals surface area (Å²) in [5, 5.41) is 8.00. The van der Waals surface area contributed by atoms with E-state index in [1.807, 2.05) is 6.07 Å². The first-order valence-electron chi connectivity index (χ1n) is 6.38. The van der Waals surface area contributed by atoms with Gasteiger partial charge in [-0.25, -0.2) is 0 Å². The molecule has 1 heterocycles. The van der Waals surface area contributed by atoms with Crippen LogP contribution in [0.2, 0.25) is 0 Å². The van der Waals surface area contributed by atoms with Gasteiger partial charge in [-0.3, -0.25) is 9.59 Å². The van der Waals surface area contributed by atoms with E-state index in [2.05, 4.69) is 10.2 Å². The van der Waals surface area contributed by atoms with Crippen LogP contribution in [-0.4, -0.2) is 17.6 Å². The molecular formula is C16H12N2O2. The lowest BCUT2D eigenvalue weighted by molar-refractivity contribution is 0.0891. The highest BCUT2D eigenvalue weighted by atomic mass is 16.1. The summed E-state index contributed by atoms with van der Waals surface area (Å²) in [7, 11) is 0. The topological polar surface area (TPSA) is 58.9 Å². The van der Waals surface area contributed by atoms with E-state index in [0.717, 1.165) is 0 Å². The third-order valence-corrected chi connectivity index (χ3v) is 3.25. The fourth-order valence-corrected chi connectivity index (χ4v) is 2.18. The SMILES string of the molecule is O=C(CC1N=Nc2ccccc2C1=O)c1ccccc1. The second-order valence-electron chi connectivity index (χ2n) is 4.61. The number of ketones is 2. The van der Waals surface area contributed by atoms with Gasteiger partial charge < -0.3 is 0 Å². The summed E-state index contributed by atoms with van der Waals surface area (Å²) in [6.45, 7) is 0. The molecule has 20 heavy (non-hydrogen) atoms. The Morgan fingerprint density at radius 2 is 1.70 bits per heavy atom. The van der Waals surface area contributed by atoms with Gasteiger partial charge in [-0.05, 0) is 12.1 Å². The highest BCUT2D eigenvalue weighted by molar-refractivity contribution is 6.08. The minimum absolute atomic E-state index is 0.0562. The Morgan fingerprint density at radius 3 is 2.50 bits per heavy atom. The first kappa shape index (κ1) is 12.4. The molecule has 0 N–H and O–H groups in total. The lowest BCUT2D eigenvalue weighted by atomic mass is 9.96. The molecular weight excluding hydrogens is 252 g/mol. The first-order valence-corrected chi connectivity index (χ1v) is 6.38. The van der Waals surface area contributed by atoms with Gasteiger partial charge in [0.05, 0.1) is 5.69 Å². The quantitative estimate of drug-likeness (QED) is 0.795. The van der Waals surface area contributed by atoms with Crippen molar-refractivity contribution in [2.75, 3.05) is 0 Å². The van der Waals surface area contributed by atoms with Crippen LogP contribution in [0.15, 0.2) is 64.8 Å². The third kappa shape index (κ3) is 2.28. The number of hydrogen-bond donors (Lipinski definition) is 0. The standard InChI is InChI=1S/C16H12N2O2/c19-15(11-6-2-1-3-7-11)10-14-16(20)12-8-4-5-9-13(12)17-18-14/h1-9,14H,10H2. The van der Waals surface area contributed by atoms with Gasteiger partial charge in [0.2, 0.25) is 0 Å². The van der Waals surface area contributed by atoms with Crippen molar-refractivity contribution >= 4 is 17.3 Å². The Bertz CT molecular complexity index is 693. The zero-order chi connectivity index (χ0) is 13.9. The number of nitrogens with zero attached hydrogens (tertiary/aromatic N) is 2. The second kappa shape index (κ2) is 5.17. The molecule has 0 amide bonds. The summed E-state index contributed by atoms with van der Waals surface area (Å²) in [5.41, 5.74) is 1.70. The fourth-order valence-electron chi connectivity index (χ4n) is 2.18. The molecule has 1 aliphatic rings. The van der Waals surface area contributed by atoms with Gasteiger partial charge in [-0.15, -0.1) is 0 Å². The Labute approximate surface area is 116 Å². The second-order valence-corrected chi connectivity index (χ2v) is 4.61. The number of carbonyl (C=O) groups excluding carboxylic acids is 2. The smallest absolute Gasteiger partial charge is 0.191 e. The molecule has 0 fully saturated rings. The largest absolute Gasteiger partial charge is 0.294 e. The molecule has 0 saturated carbocycles. The number of Topliss-reactive ketones (excluding diaryl/α,β-unsaturated/α-hetero) is 2. The van der Waals surface area contributed by atoms with Crippen LogP contribution in [-0.2, 0) is 0 Å². The highest BCUT2D eigenvalue weighted by Gasteiger charge is 2.28. The molecule has 2 aromatic carbocycles. The van der Waals surface area contributed by atoms with Gasteiger partial charge in [0.15, 0.2) is 11.6 Å². The molecule has 1 unspecified atom stereocenters. The maximum Gasteiger partial charge on any atom is 0.191 e. The van der Waals surface area contributed by atoms with Crippen LogP contribution < -0.4 is 0 Å². The molecule has 0 aliphatic carbocycles. The van der Waals surface area contributed by atoms with Crippen LogP contribution >= 0.6 is 0 Å². The fraction of sp³-hybridized carbons (Fsp3) is 0.125. The van der Waals surface area contributed by atoms with E-state index in [9.17, 15) is 9.59 Å². The van der Waals surface area contributed by atoms with Crippen molar-refractivity contribution < 1.29 is 9.59 Å². The van der Waals surface area contributed by atoms with Crippen LogP contribution in [0, 0.1) is 0 Å². The van der Waals surface area contributed by atoms with Gasteiger partial charge in [0, 0.05) is 17.5 Å². The maximum atomic E-state index is 12.3. The summed E-state index contributed by atoms with van der Waals surface area (Å²) in [6, 6.07) is 15.3. The van der Waals surface area contributed by atoms with Gasteiger partial charge in [0.1, 0.15) is 6.04 Å². The van der Waals surface area contributed by atoms with Crippen molar-refractivity contribution in [1.82, 2.24) is 0 Å². The minimum Gasteiger partial charge on any atom is -0.294 e. The molecule has 4 heteroatoms. The molecule has 98 valence electrons. The van der Waals surface area contributed by atoms with E-state index in [4.69, 9.17) is 0 Å². The maximum absolute atomic E-state index is 12.3. The minimum atomic E-state index is -0.711. The van der Waals surface area contributed by atoms with Crippen LogP contribution in [0.1, 0.15) is 27.1 Å².